The number of benzene rings is 1. The molecule has 1 unspecified atom stereocenters. The molecule has 4 aromatic rings. The lowest BCUT2D eigenvalue weighted by Gasteiger charge is -2.29. The van der Waals surface area contributed by atoms with E-state index < -0.39 is 18.0 Å². The second-order valence-corrected chi connectivity index (χ2v) is 9.10. The molecule has 35 heavy (non-hydrogen) atoms. The molecular formula is C23H21Cl2FN6O3. The van der Waals surface area contributed by atoms with Crippen molar-refractivity contribution in [3.05, 3.63) is 63.8 Å². The third-order valence-electron chi connectivity index (χ3n) is 6.34. The van der Waals surface area contributed by atoms with Gasteiger partial charge >= 0.3 is 6.09 Å². The summed E-state index contributed by atoms with van der Waals surface area (Å²) in [5.74, 6) is -0.588. The number of methoxy groups -OCH3 is 1. The van der Waals surface area contributed by atoms with Crippen LogP contribution in [-0.2, 0) is 4.74 Å². The minimum absolute atomic E-state index is 0.101. The Kier molecular flexibility index (Phi) is 6.35. The van der Waals surface area contributed by atoms with Crippen molar-refractivity contribution in [3.63, 3.8) is 0 Å². The summed E-state index contributed by atoms with van der Waals surface area (Å²) in [6.45, 7) is 0.939. The first-order valence-electron chi connectivity index (χ1n) is 10.9. The number of carboxylic acid groups (broad SMARTS) is 1. The maximum atomic E-state index is 14.2. The first-order chi connectivity index (χ1) is 16.9. The Bertz CT molecular complexity index is 1400. The first-order valence-corrected chi connectivity index (χ1v) is 11.7. The molecule has 0 spiro atoms. The van der Waals surface area contributed by atoms with E-state index in [1.807, 2.05) is 16.9 Å². The lowest BCUT2D eigenvalue weighted by atomic mass is 10.0. The summed E-state index contributed by atoms with van der Waals surface area (Å²) in [5, 5.41) is 23.2. The summed E-state index contributed by atoms with van der Waals surface area (Å²) in [4.78, 5) is 15.6. The SMILES string of the molecule is COC(c1c(Cl)ccc(F)c1Cl)c1c[nH]c2nnc(-c3cnn(C4CCN(C(=O)O)CC4)c3)cc12. The van der Waals surface area contributed by atoms with Crippen LogP contribution in [0.25, 0.3) is 22.3 Å². The van der Waals surface area contributed by atoms with Crippen LogP contribution in [0.3, 0.4) is 0 Å². The fraction of sp³-hybridized carbons (Fsp3) is 0.304. The molecule has 0 aliphatic carbocycles. The van der Waals surface area contributed by atoms with Crippen LogP contribution in [0.2, 0.25) is 10.0 Å². The van der Waals surface area contributed by atoms with Crippen molar-refractivity contribution in [2.24, 2.45) is 0 Å². The van der Waals surface area contributed by atoms with E-state index in [0.717, 1.165) is 10.9 Å². The monoisotopic (exact) mass is 518 g/mol. The summed E-state index contributed by atoms with van der Waals surface area (Å²) in [7, 11) is 1.50. The summed E-state index contributed by atoms with van der Waals surface area (Å²) >= 11 is 12.6. The van der Waals surface area contributed by atoms with Crippen LogP contribution in [-0.4, -0.2) is 61.3 Å². The number of H-pyrrole nitrogens is 1. The summed E-state index contributed by atoms with van der Waals surface area (Å²) in [6, 6.07) is 4.62. The van der Waals surface area contributed by atoms with Gasteiger partial charge in [0.2, 0.25) is 0 Å². The van der Waals surface area contributed by atoms with Crippen molar-refractivity contribution in [1.29, 1.82) is 0 Å². The lowest BCUT2D eigenvalue weighted by Crippen LogP contribution is -2.38. The lowest BCUT2D eigenvalue weighted by molar-refractivity contribution is 0.124. The molecule has 12 heteroatoms. The van der Waals surface area contributed by atoms with E-state index in [1.165, 1.54) is 24.1 Å². The average molecular weight is 519 g/mol. The maximum Gasteiger partial charge on any atom is 0.407 e. The number of hydrogen-bond acceptors (Lipinski definition) is 5. The Balaban J connectivity index is 1.47. The number of aromatic amines is 1. The van der Waals surface area contributed by atoms with E-state index in [0.29, 0.717) is 48.4 Å². The van der Waals surface area contributed by atoms with E-state index in [-0.39, 0.29) is 16.1 Å². The highest BCUT2D eigenvalue weighted by molar-refractivity contribution is 6.36. The molecule has 3 aromatic heterocycles. The van der Waals surface area contributed by atoms with Crippen molar-refractivity contribution in [2.75, 3.05) is 20.2 Å². The minimum atomic E-state index is -0.898. The molecule has 1 amide bonds. The van der Waals surface area contributed by atoms with Crippen molar-refractivity contribution < 1.29 is 19.0 Å². The van der Waals surface area contributed by atoms with Gasteiger partial charge in [-0.1, -0.05) is 23.2 Å². The molecule has 0 radical (unpaired) electrons. The number of nitrogens with zero attached hydrogens (tertiary/aromatic N) is 5. The smallest absolute Gasteiger partial charge is 0.407 e. The topological polar surface area (TPSA) is 109 Å². The Morgan fingerprint density at radius 3 is 2.77 bits per heavy atom. The predicted molar refractivity (Wildman–Crippen MR) is 128 cm³/mol. The van der Waals surface area contributed by atoms with Gasteiger partial charge in [0.1, 0.15) is 11.9 Å². The van der Waals surface area contributed by atoms with Gasteiger partial charge in [-0.15, -0.1) is 10.2 Å². The van der Waals surface area contributed by atoms with Crippen molar-refractivity contribution >= 4 is 40.3 Å². The van der Waals surface area contributed by atoms with Crippen molar-refractivity contribution in [1.82, 2.24) is 29.9 Å². The number of ether oxygens (including phenoxy) is 1. The predicted octanol–water partition coefficient (Wildman–Crippen LogP) is 5.32. The fourth-order valence-corrected chi connectivity index (χ4v) is 5.04. The molecule has 1 fully saturated rings. The minimum Gasteiger partial charge on any atom is -0.465 e. The van der Waals surface area contributed by atoms with Gasteiger partial charge in [0.05, 0.1) is 23.0 Å². The highest BCUT2D eigenvalue weighted by Crippen LogP contribution is 2.40. The maximum absolute atomic E-state index is 14.2. The largest absolute Gasteiger partial charge is 0.465 e. The molecule has 0 bridgehead atoms. The molecule has 5 rings (SSSR count). The molecule has 1 atom stereocenters. The fourth-order valence-electron chi connectivity index (χ4n) is 4.48. The van der Waals surface area contributed by atoms with E-state index >= 15 is 0 Å². The normalized spacial score (nSPS) is 15.6. The van der Waals surface area contributed by atoms with Crippen LogP contribution in [0.1, 0.15) is 36.1 Å². The summed E-state index contributed by atoms with van der Waals surface area (Å²) < 4.78 is 21.7. The van der Waals surface area contributed by atoms with Gasteiger partial charge in [-0.2, -0.15) is 5.10 Å². The van der Waals surface area contributed by atoms with Gasteiger partial charge in [-0.25, -0.2) is 9.18 Å². The van der Waals surface area contributed by atoms with Gasteiger partial charge in [0, 0.05) is 59.7 Å². The summed E-state index contributed by atoms with van der Waals surface area (Å²) in [6.07, 6.45) is 5.05. The van der Waals surface area contributed by atoms with E-state index in [1.54, 1.807) is 12.4 Å². The standard InChI is InChI=1S/C23H21Cl2FN6O3/c1-35-21(19-16(24)2-3-17(26)20(19)25)15-10-27-22-14(15)8-18(29-30-22)12-9-28-32(11-12)13-4-6-31(7-5-13)23(33)34/h2-3,8-11,13,21H,4-7H2,1H3,(H,27,30)(H,33,34). The van der Waals surface area contributed by atoms with E-state index in [2.05, 4.69) is 20.3 Å². The number of likely N-dealkylation sites (tertiary alicyclic amines) is 1. The van der Waals surface area contributed by atoms with Gasteiger partial charge in [-0.3, -0.25) is 4.68 Å². The van der Waals surface area contributed by atoms with Crippen molar-refractivity contribution in [2.45, 2.75) is 25.0 Å². The number of carbonyl (C=O) groups is 1. The average Bonchev–Trinajstić information content (AvgIpc) is 3.52. The van der Waals surface area contributed by atoms with Crippen LogP contribution in [0.4, 0.5) is 9.18 Å². The van der Waals surface area contributed by atoms with Crippen LogP contribution in [0.15, 0.2) is 36.8 Å². The van der Waals surface area contributed by atoms with Gasteiger partial charge < -0.3 is 19.7 Å². The van der Waals surface area contributed by atoms with Crippen LogP contribution < -0.4 is 0 Å². The zero-order valence-corrected chi connectivity index (χ0v) is 20.1. The molecule has 1 saturated heterocycles. The Morgan fingerprint density at radius 2 is 2.06 bits per heavy atom. The molecule has 182 valence electrons. The third-order valence-corrected chi connectivity index (χ3v) is 7.05. The van der Waals surface area contributed by atoms with Crippen LogP contribution in [0, 0.1) is 5.82 Å². The molecular weight excluding hydrogens is 498 g/mol. The Labute approximate surface area is 209 Å². The number of rotatable bonds is 5. The molecule has 9 nitrogen and oxygen atoms in total. The molecule has 1 aromatic carbocycles. The number of halogens is 3. The Hall–Kier alpha value is -3.21. The van der Waals surface area contributed by atoms with Gasteiger partial charge in [-0.05, 0) is 31.0 Å². The molecule has 2 N–H and O–H groups in total. The zero-order valence-electron chi connectivity index (χ0n) is 18.6. The number of amides is 1. The number of piperidine rings is 1. The first kappa shape index (κ1) is 23.5. The number of aromatic nitrogens is 5. The van der Waals surface area contributed by atoms with Crippen LogP contribution in [0.5, 0.6) is 0 Å². The van der Waals surface area contributed by atoms with E-state index in [9.17, 15) is 9.18 Å². The summed E-state index contributed by atoms with van der Waals surface area (Å²) in [5.41, 5.74) is 2.90. The molecule has 1 aliphatic rings. The van der Waals surface area contributed by atoms with E-state index in [4.69, 9.17) is 33.0 Å². The highest BCUT2D eigenvalue weighted by Gasteiger charge is 2.26. The van der Waals surface area contributed by atoms with Gasteiger partial charge in [0.25, 0.3) is 0 Å². The Morgan fingerprint density at radius 1 is 1.29 bits per heavy atom. The number of hydrogen-bond donors (Lipinski definition) is 2. The quantitative estimate of drug-likeness (QED) is 0.346. The second kappa shape index (κ2) is 9.44. The second-order valence-electron chi connectivity index (χ2n) is 8.32. The van der Waals surface area contributed by atoms with Gasteiger partial charge in [0.15, 0.2) is 5.65 Å². The molecule has 1 aliphatic heterocycles. The third kappa shape index (κ3) is 4.33. The number of nitrogens with one attached hydrogen (secondary N) is 1. The van der Waals surface area contributed by atoms with Crippen LogP contribution >= 0.6 is 23.2 Å². The molecule has 4 heterocycles. The zero-order chi connectivity index (χ0) is 24.7. The van der Waals surface area contributed by atoms with Crippen molar-refractivity contribution in [3.8, 4) is 11.3 Å². The number of fused-ring (bicyclic) bond motifs is 1. The highest BCUT2D eigenvalue weighted by atomic mass is 35.5. The molecule has 0 saturated carbocycles.